The number of hydrogen-bond donors (Lipinski definition) is 2. The standard InChI is InChI=1S/C13H23N3O/c1-13(2)5-3-11(4-6-13)15-12-9-14-16(10-12)7-8-17/h9-11,15,17H,3-8H2,1-2H3. The molecule has 0 bridgehead atoms. The van der Waals surface area contributed by atoms with Gasteiger partial charge in [-0.05, 0) is 31.1 Å². The molecule has 96 valence electrons. The van der Waals surface area contributed by atoms with E-state index in [-0.39, 0.29) is 6.61 Å². The van der Waals surface area contributed by atoms with Crippen molar-refractivity contribution < 1.29 is 5.11 Å². The molecule has 0 unspecified atom stereocenters. The second-order valence-electron chi connectivity index (χ2n) is 5.80. The Morgan fingerprint density at radius 1 is 1.47 bits per heavy atom. The van der Waals surface area contributed by atoms with Gasteiger partial charge in [-0.25, -0.2) is 0 Å². The van der Waals surface area contributed by atoms with Gasteiger partial charge < -0.3 is 10.4 Å². The predicted molar refractivity (Wildman–Crippen MR) is 69.0 cm³/mol. The lowest BCUT2D eigenvalue weighted by molar-refractivity contribution is 0.232. The zero-order valence-corrected chi connectivity index (χ0v) is 10.8. The summed E-state index contributed by atoms with van der Waals surface area (Å²) < 4.78 is 1.77. The summed E-state index contributed by atoms with van der Waals surface area (Å²) in [6.45, 7) is 5.41. The van der Waals surface area contributed by atoms with E-state index in [0.29, 0.717) is 18.0 Å². The first-order valence-electron chi connectivity index (χ1n) is 6.49. The van der Waals surface area contributed by atoms with E-state index < -0.39 is 0 Å². The minimum absolute atomic E-state index is 0.138. The molecular weight excluding hydrogens is 214 g/mol. The molecule has 1 heterocycles. The monoisotopic (exact) mass is 237 g/mol. The van der Waals surface area contributed by atoms with Crippen molar-refractivity contribution in [2.75, 3.05) is 11.9 Å². The van der Waals surface area contributed by atoms with Gasteiger partial charge in [-0.3, -0.25) is 4.68 Å². The van der Waals surface area contributed by atoms with Gasteiger partial charge in [0.2, 0.25) is 0 Å². The van der Waals surface area contributed by atoms with E-state index in [9.17, 15) is 0 Å². The molecule has 1 saturated carbocycles. The quantitative estimate of drug-likeness (QED) is 0.844. The zero-order chi connectivity index (χ0) is 12.3. The summed E-state index contributed by atoms with van der Waals surface area (Å²) in [5, 5.41) is 16.6. The number of aliphatic hydroxyl groups excluding tert-OH is 1. The average Bonchev–Trinajstić information content (AvgIpc) is 2.70. The number of rotatable bonds is 4. The summed E-state index contributed by atoms with van der Waals surface area (Å²) in [5.74, 6) is 0. The van der Waals surface area contributed by atoms with Gasteiger partial charge in [-0.15, -0.1) is 0 Å². The molecule has 2 rings (SSSR count). The maximum Gasteiger partial charge on any atom is 0.0728 e. The molecule has 0 radical (unpaired) electrons. The molecule has 1 aliphatic rings. The van der Waals surface area contributed by atoms with Crippen LogP contribution in [0, 0.1) is 5.41 Å². The van der Waals surface area contributed by atoms with Gasteiger partial charge in [0, 0.05) is 12.2 Å². The molecule has 0 spiro atoms. The molecule has 0 aliphatic heterocycles. The van der Waals surface area contributed by atoms with Crippen molar-refractivity contribution in [3.05, 3.63) is 12.4 Å². The minimum atomic E-state index is 0.138. The summed E-state index contributed by atoms with van der Waals surface area (Å²) in [7, 11) is 0. The highest BCUT2D eigenvalue weighted by Crippen LogP contribution is 2.35. The fourth-order valence-corrected chi connectivity index (χ4v) is 2.44. The predicted octanol–water partition coefficient (Wildman–Crippen LogP) is 2.26. The largest absolute Gasteiger partial charge is 0.394 e. The van der Waals surface area contributed by atoms with E-state index >= 15 is 0 Å². The van der Waals surface area contributed by atoms with Crippen LogP contribution in [0.3, 0.4) is 0 Å². The van der Waals surface area contributed by atoms with Gasteiger partial charge >= 0.3 is 0 Å². The Morgan fingerprint density at radius 3 is 2.82 bits per heavy atom. The summed E-state index contributed by atoms with van der Waals surface area (Å²) >= 11 is 0. The molecule has 0 atom stereocenters. The second-order valence-corrected chi connectivity index (χ2v) is 5.80. The van der Waals surface area contributed by atoms with Crippen molar-refractivity contribution >= 4 is 5.69 Å². The van der Waals surface area contributed by atoms with Crippen molar-refractivity contribution in [2.24, 2.45) is 5.41 Å². The molecule has 4 nitrogen and oxygen atoms in total. The Bertz CT molecular complexity index is 349. The molecule has 1 aromatic heterocycles. The molecule has 0 amide bonds. The van der Waals surface area contributed by atoms with Crippen LogP contribution >= 0.6 is 0 Å². The van der Waals surface area contributed by atoms with Gasteiger partial charge in [0.15, 0.2) is 0 Å². The second kappa shape index (κ2) is 5.08. The van der Waals surface area contributed by atoms with E-state index in [0.717, 1.165) is 5.69 Å². The average molecular weight is 237 g/mol. The molecule has 1 aliphatic carbocycles. The third-order valence-electron chi connectivity index (χ3n) is 3.67. The SMILES string of the molecule is CC1(C)CCC(Nc2cnn(CCO)c2)CC1. The maximum atomic E-state index is 8.83. The van der Waals surface area contributed by atoms with Crippen LogP contribution in [0.2, 0.25) is 0 Å². The number of nitrogens with zero attached hydrogens (tertiary/aromatic N) is 2. The van der Waals surface area contributed by atoms with Crippen LogP contribution in [0.5, 0.6) is 0 Å². The minimum Gasteiger partial charge on any atom is -0.394 e. The van der Waals surface area contributed by atoms with E-state index in [1.165, 1.54) is 25.7 Å². The molecule has 0 aromatic carbocycles. The molecule has 1 aromatic rings. The lowest BCUT2D eigenvalue weighted by Crippen LogP contribution is -2.29. The number of anilines is 1. The normalized spacial score (nSPS) is 20.4. The first kappa shape index (κ1) is 12.4. The van der Waals surface area contributed by atoms with E-state index in [1.807, 2.05) is 12.4 Å². The molecule has 4 heteroatoms. The summed E-state index contributed by atoms with van der Waals surface area (Å²) in [6.07, 6.45) is 8.85. The van der Waals surface area contributed by atoms with E-state index in [4.69, 9.17) is 5.11 Å². The van der Waals surface area contributed by atoms with Crippen molar-refractivity contribution in [1.82, 2.24) is 9.78 Å². The van der Waals surface area contributed by atoms with Crippen LogP contribution in [-0.2, 0) is 6.54 Å². The topological polar surface area (TPSA) is 50.1 Å². The molecule has 2 N–H and O–H groups in total. The summed E-state index contributed by atoms with van der Waals surface area (Å²) in [4.78, 5) is 0. The zero-order valence-electron chi connectivity index (χ0n) is 10.8. The Kier molecular flexibility index (Phi) is 3.72. The molecule has 17 heavy (non-hydrogen) atoms. The molecule has 1 fully saturated rings. The van der Waals surface area contributed by atoms with Crippen LogP contribution in [0.1, 0.15) is 39.5 Å². The fourth-order valence-electron chi connectivity index (χ4n) is 2.44. The Morgan fingerprint density at radius 2 is 2.18 bits per heavy atom. The number of nitrogens with one attached hydrogen (secondary N) is 1. The Hall–Kier alpha value is -1.03. The molecule has 0 saturated heterocycles. The fraction of sp³-hybridized carbons (Fsp3) is 0.769. The van der Waals surface area contributed by atoms with Crippen LogP contribution in [0.15, 0.2) is 12.4 Å². The van der Waals surface area contributed by atoms with E-state index in [2.05, 4.69) is 24.3 Å². The Balaban J connectivity index is 1.84. The highest BCUT2D eigenvalue weighted by Gasteiger charge is 2.26. The lowest BCUT2D eigenvalue weighted by Gasteiger charge is -2.34. The lowest BCUT2D eigenvalue weighted by atomic mass is 9.75. The third-order valence-corrected chi connectivity index (χ3v) is 3.67. The highest BCUT2D eigenvalue weighted by molar-refractivity contribution is 5.39. The van der Waals surface area contributed by atoms with Crippen LogP contribution in [-0.4, -0.2) is 27.5 Å². The smallest absolute Gasteiger partial charge is 0.0728 e. The molecular formula is C13H23N3O. The van der Waals surface area contributed by atoms with Crippen molar-refractivity contribution in [3.8, 4) is 0 Å². The van der Waals surface area contributed by atoms with Gasteiger partial charge in [0.05, 0.1) is 25.0 Å². The van der Waals surface area contributed by atoms with Crippen molar-refractivity contribution in [1.29, 1.82) is 0 Å². The van der Waals surface area contributed by atoms with Crippen molar-refractivity contribution in [3.63, 3.8) is 0 Å². The number of hydrogen-bond acceptors (Lipinski definition) is 3. The van der Waals surface area contributed by atoms with Gasteiger partial charge in [-0.2, -0.15) is 5.10 Å². The van der Waals surface area contributed by atoms with Crippen LogP contribution in [0.4, 0.5) is 5.69 Å². The van der Waals surface area contributed by atoms with E-state index in [1.54, 1.807) is 4.68 Å². The van der Waals surface area contributed by atoms with Gasteiger partial charge in [0.1, 0.15) is 0 Å². The van der Waals surface area contributed by atoms with Gasteiger partial charge in [-0.1, -0.05) is 13.8 Å². The number of aliphatic hydroxyl groups is 1. The van der Waals surface area contributed by atoms with Crippen LogP contribution in [0.25, 0.3) is 0 Å². The first-order valence-corrected chi connectivity index (χ1v) is 6.49. The third kappa shape index (κ3) is 3.46. The summed E-state index contributed by atoms with van der Waals surface area (Å²) in [5.41, 5.74) is 1.59. The first-order chi connectivity index (χ1) is 8.09. The van der Waals surface area contributed by atoms with Crippen LogP contribution < -0.4 is 5.32 Å². The summed E-state index contributed by atoms with van der Waals surface area (Å²) in [6, 6.07) is 0.579. The van der Waals surface area contributed by atoms with Gasteiger partial charge in [0.25, 0.3) is 0 Å². The Labute approximate surface area is 103 Å². The number of aromatic nitrogens is 2. The van der Waals surface area contributed by atoms with Crippen molar-refractivity contribution in [2.45, 2.75) is 52.1 Å². The highest BCUT2D eigenvalue weighted by atomic mass is 16.3. The maximum absolute atomic E-state index is 8.83.